The molecule has 0 N–H and O–H groups in total. The van der Waals surface area contributed by atoms with Gasteiger partial charge in [-0.05, 0) is 30.0 Å². The van der Waals surface area contributed by atoms with Crippen molar-refractivity contribution in [1.29, 1.82) is 0 Å². The highest BCUT2D eigenvalue weighted by Crippen LogP contribution is 2.36. The number of nitrogens with zero attached hydrogens (tertiary/aromatic N) is 4. The number of ether oxygens (including phenoxy) is 1. The Morgan fingerprint density at radius 3 is 2.67 bits per heavy atom. The van der Waals surface area contributed by atoms with Gasteiger partial charge in [-0.15, -0.1) is 10.2 Å². The highest BCUT2D eigenvalue weighted by molar-refractivity contribution is 7.99. The Morgan fingerprint density at radius 1 is 1.26 bits per heavy atom. The zero-order valence-corrected chi connectivity index (χ0v) is 15.2. The number of aromatic nitrogens is 3. The Morgan fingerprint density at radius 2 is 2.00 bits per heavy atom. The molecule has 0 aliphatic carbocycles. The third-order valence-electron chi connectivity index (χ3n) is 3.50. The SMILES string of the molecule is Cn1c(Sc2ccc([N+](=O)[O-])c(OC(F)F)c2)nnc1-c1ccccc1Cl. The van der Waals surface area contributed by atoms with Gasteiger partial charge in [0.15, 0.2) is 11.0 Å². The first-order valence-corrected chi connectivity index (χ1v) is 8.61. The second-order valence-electron chi connectivity index (χ2n) is 5.21. The van der Waals surface area contributed by atoms with Gasteiger partial charge < -0.3 is 9.30 Å². The maximum absolute atomic E-state index is 12.5. The number of benzene rings is 2. The van der Waals surface area contributed by atoms with E-state index in [1.807, 2.05) is 6.07 Å². The molecule has 0 fully saturated rings. The molecule has 0 aliphatic heterocycles. The van der Waals surface area contributed by atoms with Crippen molar-refractivity contribution in [2.45, 2.75) is 16.7 Å². The van der Waals surface area contributed by atoms with Gasteiger partial charge in [0.25, 0.3) is 0 Å². The van der Waals surface area contributed by atoms with Crippen molar-refractivity contribution in [2.75, 3.05) is 0 Å². The lowest BCUT2D eigenvalue weighted by Crippen LogP contribution is -2.04. The molecule has 0 aliphatic rings. The van der Waals surface area contributed by atoms with Crippen LogP contribution in [0.2, 0.25) is 5.02 Å². The smallest absolute Gasteiger partial charge is 0.387 e. The second kappa shape index (κ2) is 7.89. The number of nitro groups is 1. The van der Waals surface area contributed by atoms with Gasteiger partial charge in [-0.3, -0.25) is 10.1 Å². The minimum absolute atomic E-state index is 0.428. The second-order valence-corrected chi connectivity index (χ2v) is 6.66. The maximum atomic E-state index is 12.5. The van der Waals surface area contributed by atoms with Crippen LogP contribution in [0.1, 0.15) is 0 Å². The fourth-order valence-corrected chi connectivity index (χ4v) is 3.32. The Kier molecular flexibility index (Phi) is 5.57. The summed E-state index contributed by atoms with van der Waals surface area (Å²) in [6.07, 6.45) is 0. The van der Waals surface area contributed by atoms with Crippen molar-refractivity contribution in [3.05, 3.63) is 57.6 Å². The van der Waals surface area contributed by atoms with Crippen LogP contribution in [0.3, 0.4) is 0 Å². The standard InChI is InChI=1S/C16H11ClF2N4O3S/c1-22-14(10-4-2-3-5-11(10)17)20-21-16(22)27-9-6-7-12(23(24)25)13(8-9)26-15(18)19/h2-8,15H,1H3. The van der Waals surface area contributed by atoms with Gasteiger partial charge in [-0.25, -0.2) is 0 Å². The zero-order valence-electron chi connectivity index (χ0n) is 13.7. The molecule has 0 atom stereocenters. The molecule has 27 heavy (non-hydrogen) atoms. The Bertz CT molecular complexity index is 1000. The minimum Gasteiger partial charge on any atom is -0.427 e. The highest BCUT2D eigenvalue weighted by atomic mass is 35.5. The quantitative estimate of drug-likeness (QED) is 0.427. The molecule has 0 unspecified atom stereocenters. The summed E-state index contributed by atoms with van der Waals surface area (Å²) in [4.78, 5) is 10.6. The number of hydrogen-bond acceptors (Lipinski definition) is 6. The van der Waals surface area contributed by atoms with Crippen LogP contribution >= 0.6 is 23.4 Å². The normalized spacial score (nSPS) is 11.0. The third-order valence-corrected chi connectivity index (χ3v) is 4.86. The monoisotopic (exact) mass is 412 g/mol. The molecule has 140 valence electrons. The first kappa shape index (κ1) is 19.1. The van der Waals surface area contributed by atoms with Crippen LogP contribution < -0.4 is 4.74 Å². The summed E-state index contributed by atoms with van der Waals surface area (Å²) in [7, 11) is 1.73. The molecule has 0 spiro atoms. The molecule has 1 aromatic heterocycles. The average Bonchev–Trinajstić information content (AvgIpc) is 2.95. The van der Waals surface area contributed by atoms with Crippen LogP contribution in [0.25, 0.3) is 11.4 Å². The van der Waals surface area contributed by atoms with Crippen LogP contribution in [0, 0.1) is 10.1 Å². The Labute approximate surface area is 161 Å². The van der Waals surface area contributed by atoms with E-state index in [1.165, 1.54) is 12.1 Å². The van der Waals surface area contributed by atoms with Crippen LogP contribution in [0.15, 0.2) is 52.5 Å². The highest BCUT2D eigenvalue weighted by Gasteiger charge is 2.21. The van der Waals surface area contributed by atoms with E-state index in [1.54, 1.807) is 29.8 Å². The van der Waals surface area contributed by atoms with Crippen LogP contribution in [0.4, 0.5) is 14.5 Å². The van der Waals surface area contributed by atoms with E-state index in [4.69, 9.17) is 11.6 Å². The molecular formula is C16H11ClF2N4O3S. The van der Waals surface area contributed by atoms with Crippen LogP contribution in [-0.4, -0.2) is 26.3 Å². The predicted molar refractivity (Wildman–Crippen MR) is 95.3 cm³/mol. The topological polar surface area (TPSA) is 83.1 Å². The summed E-state index contributed by atoms with van der Waals surface area (Å²) in [6.45, 7) is -3.18. The Balaban J connectivity index is 1.92. The van der Waals surface area contributed by atoms with Crippen molar-refractivity contribution in [3.63, 3.8) is 0 Å². The number of alkyl halides is 2. The van der Waals surface area contributed by atoms with Crippen LogP contribution in [-0.2, 0) is 7.05 Å². The number of nitro benzene ring substituents is 1. The van der Waals surface area contributed by atoms with E-state index in [9.17, 15) is 18.9 Å². The van der Waals surface area contributed by atoms with Gasteiger partial charge >= 0.3 is 12.3 Å². The third kappa shape index (κ3) is 4.17. The molecule has 1 heterocycles. The maximum Gasteiger partial charge on any atom is 0.387 e. The molecule has 2 aromatic carbocycles. The molecule has 0 amide bonds. The van der Waals surface area contributed by atoms with Gasteiger partial charge in [0.1, 0.15) is 0 Å². The van der Waals surface area contributed by atoms with Gasteiger partial charge in [-0.2, -0.15) is 8.78 Å². The number of hydrogen-bond donors (Lipinski definition) is 0. The van der Waals surface area contributed by atoms with E-state index >= 15 is 0 Å². The van der Waals surface area contributed by atoms with E-state index in [2.05, 4.69) is 14.9 Å². The van der Waals surface area contributed by atoms with E-state index < -0.39 is 23.0 Å². The summed E-state index contributed by atoms with van der Waals surface area (Å²) in [5, 5.41) is 20.1. The summed E-state index contributed by atoms with van der Waals surface area (Å²) in [5.41, 5.74) is 0.140. The van der Waals surface area contributed by atoms with Crippen molar-refractivity contribution < 1.29 is 18.4 Å². The van der Waals surface area contributed by atoms with Gasteiger partial charge in [-0.1, -0.05) is 23.7 Å². The fraction of sp³-hybridized carbons (Fsp3) is 0.125. The van der Waals surface area contributed by atoms with E-state index in [0.717, 1.165) is 17.8 Å². The molecule has 3 rings (SSSR count). The zero-order chi connectivity index (χ0) is 19.6. The van der Waals surface area contributed by atoms with Gasteiger partial charge in [0.05, 0.1) is 9.95 Å². The van der Waals surface area contributed by atoms with E-state index in [-0.39, 0.29) is 0 Å². The summed E-state index contributed by atoms with van der Waals surface area (Å²) in [6, 6.07) is 10.8. The summed E-state index contributed by atoms with van der Waals surface area (Å²) >= 11 is 7.27. The molecule has 7 nitrogen and oxygen atoms in total. The van der Waals surface area contributed by atoms with E-state index in [0.29, 0.717) is 26.5 Å². The molecule has 11 heteroatoms. The molecule has 3 aromatic rings. The first-order chi connectivity index (χ1) is 12.9. The minimum atomic E-state index is -3.18. The Hall–Kier alpha value is -2.72. The van der Waals surface area contributed by atoms with Crippen molar-refractivity contribution in [2.24, 2.45) is 7.05 Å². The molecule has 0 bridgehead atoms. The van der Waals surface area contributed by atoms with Crippen molar-refractivity contribution in [1.82, 2.24) is 14.8 Å². The number of rotatable bonds is 6. The van der Waals surface area contributed by atoms with Crippen molar-refractivity contribution >= 4 is 29.1 Å². The van der Waals surface area contributed by atoms with Crippen LogP contribution in [0.5, 0.6) is 5.75 Å². The lowest BCUT2D eigenvalue weighted by molar-refractivity contribution is -0.386. The summed E-state index contributed by atoms with van der Waals surface area (Å²) in [5.74, 6) is 0.00237. The predicted octanol–water partition coefficient (Wildman–Crippen LogP) is 4.80. The van der Waals surface area contributed by atoms with Crippen molar-refractivity contribution in [3.8, 4) is 17.1 Å². The fourth-order valence-electron chi connectivity index (χ4n) is 2.29. The first-order valence-electron chi connectivity index (χ1n) is 7.42. The molecular weight excluding hydrogens is 402 g/mol. The summed E-state index contributed by atoms with van der Waals surface area (Å²) < 4.78 is 31.0. The average molecular weight is 413 g/mol. The lowest BCUT2D eigenvalue weighted by atomic mass is 10.2. The molecule has 0 saturated carbocycles. The number of halogens is 3. The van der Waals surface area contributed by atoms with Gasteiger partial charge in [0, 0.05) is 29.6 Å². The largest absolute Gasteiger partial charge is 0.427 e. The molecule has 0 saturated heterocycles. The van der Waals surface area contributed by atoms with Gasteiger partial charge in [0.2, 0.25) is 5.75 Å². The molecule has 0 radical (unpaired) electrons. The lowest BCUT2D eigenvalue weighted by Gasteiger charge is -2.08.